The van der Waals surface area contributed by atoms with E-state index in [1.807, 2.05) is 48.6 Å². The average molecular weight is 774 g/mol. The summed E-state index contributed by atoms with van der Waals surface area (Å²) < 4.78 is 43.9. The van der Waals surface area contributed by atoms with Crippen LogP contribution in [-0.2, 0) is 26.6 Å². The Labute approximate surface area is 318 Å². The second-order valence-corrected chi connectivity index (χ2v) is 21.2. The summed E-state index contributed by atoms with van der Waals surface area (Å²) in [5, 5.41) is -0.00947. The molecule has 0 unspecified atom stereocenters. The van der Waals surface area contributed by atoms with Crippen LogP contribution in [0.25, 0.3) is 0 Å². The fourth-order valence-electron chi connectivity index (χ4n) is 8.82. The number of hydrogen-bond acceptors (Lipinski definition) is 8. The van der Waals surface area contributed by atoms with Crippen molar-refractivity contribution >= 4 is 56.7 Å². The van der Waals surface area contributed by atoms with Crippen molar-refractivity contribution in [2.24, 2.45) is 23.7 Å². The largest absolute Gasteiger partial charge is 0.490 e. The number of carbonyl (C=O) groups excluding carboxylic acids is 1. The van der Waals surface area contributed by atoms with Crippen molar-refractivity contribution in [2.45, 2.75) is 93.5 Å². The van der Waals surface area contributed by atoms with Gasteiger partial charge in [0.15, 0.2) is 0 Å². The highest BCUT2D eigenvalue weighted by atomic mass is 35.5. The molecule has 7 nitrogen and oxygen atoms in total. The average Bonchev–Trinajstić information content (AvgIpc) is 3.24. The van der Waals surface area contributed by atoms with Gasteiger partial charge in [0.1, 0.15) is 11.4 Å². The number of allylic oxidation sites excluding steroid dienone is 1. The minimum absolute atomic E-state index is 0.202. The van der Waals surface area contributed by atoms with Crippen molar-refractivity contribution in [1.82, 2.24) is 4.72 Å². The molecule has 1 saturated carbocycles. The SMILES string of the molecule is CC(C)CO[C@@]1(C2SCCCS2)/C=C\C[C@H](C)[C@@H](C)S(=O)(=O)NC(=O)c2ccc3c(c2)N(C[C@@H]2CC[C@H]21)C[C@@]1(CCCc2cc(Cl)ccc21)CO3. The molecule has 2 bridgehead atoms. The number of hydrogen-bond donors (Lipinski definition) is 1. The molecule has 0 radical (unpaired) electrons. The van der Waals surface area contributed by atoms with Crippen molar-refractivity contribution in [2.75, 3.05) is 42.7 Å². The summed E-state index contributed by atoms with van der Waals surface area (Å²) in [6.07, 6.45) is 11.5. The van der Waals surface area contributed by atoms with E-state index in [2.05, 4.69) is 47.8 Å². The number of nitrogens with one attached hydrogen (secondary N) is 1. The molecule has 7 rings (SSSR count). The van der Waals surface area contributed by atoms with Crippen molar-refractivity contribution in [3.05, 3.63) is 70.3 Å². The van der Waals surface area contributed by atoms with Gasteiger partial charge < -0.3 is 14.4 Å². The maximum Gasteiger partial charge on any atom is 0.264 e. The lowest BCUT2D eigenvalue weighted by Crippen LogP contribution is -2.57. The van der Waals surface area contributed by atoms with Gasteiger partial charge in [-0.15, -0.1) is 23.5 Å². The number of aryl methyl sites for hydroxylation is 1. The Morgan fingerprint density at radius 2 is 1.90 bits per heavy atom. The van der Waals surface area contributed by atoms with Gasteiger partial charge in [-0.3, -0.25) is 4.79 Å². The Bertz CT molecular complexity index is 1750. The minimum atomic E-state index is -3.94. The Kier molecular flexibility index (Phi) is 11.1. The van der Waals surface area contributed by atoms with Crippen LogP contribution in [0.4, 0.5) is 5.69 Å². The van der Waals surface area contributed by atoms with Gasteiger partial charge in [-0.05, 0) is 129 Å². The van der Waals surface area contributed by atoms with Crippen LogP contribution >= 0.6 is 35.1 Å². The Morgan fingerprint density at radius 3 is 2.65 bits per heavy atom. The molecule has 51 heavy (non-hydrogen) atoms. The molecular formula is C40H53ClN2O5S3. The summed E-state index contributed by atoms with van der Waals surface area (Å²) in [4.78, 5) is 16.1. The number of ether oxygens (including phenoxy) is 2. The molecule has 5 aliphatic rings. The molecule has 6 atom stereocenters. The maximum absolute atomic E-state index is 13.7. The van der Waals surface area contributed by atoms with E-state index in [0.717, 1.165) is 73.2 Å². The van der Waals surface area contributed by atoms with E-state index >= 15 is 0 Å². The van der Waals surface area contributed by atoms with Crippen molar-refractivity contribution < 1.29 is 22.7 Å². The predicted molar refractivity (Wildman–Crippen MR) is 212 cm³/mol. The lowest BCUT2D eigenvalue weighted by atomic mass is 9.64. The highest BCUT2D eigenvalue weighted by Gasteiger charge is 2.54. The lowest BCUT2D eigenvalue weighted by molar-refractivity contribution is -0.0955. The van der Waals surface area contributed by atoms with Gasteiger partial charge in [0.05, 0.1) is 28.7 Å². The number of fused-ring (bicyclic) bond motifs is 4. The summed E-state index contributed by atoms with van der Waals surface area (Å²) in [7, 11) is -3.94. The van der Waals surface area contributed by atoms with E-state index in [9.17, 15) is 13.2 Å². The third-order valence-electron chi connectivity index (χ3n) is 12.0. The molecule has 0 aromatic heterocycles. The maximum atomic E-state index is 13.7. The van der Waals surface area contributed by atoms with Crippen LogP contribution in [0.5, 0.6) is 5.75 Å². The first-order valence-electron chi connectivity index (χ1n) is 18.8. The summed E-state index contributed by atoms with van der Waals surface area (Å²) >= 11 is 10.6. The van der Waals surface area contributed by atoms with Crippen LogP contribution < -0.4 is 14.4 Å². The topological polar surface area (TPSA) is 84.9 Å². The van der Waals surface area contributed by atoms with E-state index in [-0.39, 0.29) is 15.9 Å². The number of benzene rings is 2. The highest BCUT2D eigenvalue weighted by Crippen LogP contribution is 2.54. The molecule has 2 aromatic rings. The molecule has 1 spiro atoms. The van der Waals surface area contributed by atoms with Gasteiger partial charge in [0.2, 0.25) is 10.0 Å². The van der Waals surface area contributed by atoms with Crippen molar-refractivity contribution in [3.63, 3.8) is 0 Å². The van der Waals surface area contributed by atoms with E-state index in [1.165, 1.54) is 17.5 Å². The third-order valence-corrected chi connectivity index (χ3v) is 17.4. The molecule has 1 amide bonds. The van der Waals surface area contributed by atoms with Crippen LogP contribution in [0.2, 0.25) is 5.02 Å². The van der Waals surface area contributed by atoms with E-state index in [4.69, 9.17) is 21.1 Å². The zero-order chi connectivity index (χ0) is 36.0. The monoisotopic (exact) mass is 772 g/mol. The van der Waals surface area contributed by atoms with Gasteiger partial charge in [0, 0.05) is 29.1 Å². The number of thioether (sulfide) groups is 2. The van der Waals surface area contributed by atoms with Crippen molar-refractivity contribution in [3.8, 4) is 5.75 Å². The van der Waals surface area contributed by atoms with Crippen LogP contribution in [0.3, 0.4) is 0 Å². The van der Waals surface area contributed by atoms with Crippen LogP contribution in [0.15, 0.2) is 48.6 Å². The minimum Gasteiger partial charge on any atom is -0.490 e. The first-order chi connectivity index (χ1) is 24.4. The second kappa shape index (κ2) is 15.1. The number of anilines is 1. The summed E-state index contributed by atoms with van der Waals surface area (Å²) in [5.74, 6) is 3.20. The van der Waals surface area contributed by atoms with E-state index in [1.54, 1.807) is 13.0 Å². The smallest absolute Gasteiger partial charge is 0.264 e. The summed E-state index contributed by atoms with van der Waals surface area (Å²) in [6.45, 7) is 10.8. The molecule has 3 heterocycles. The molecule has 1 N–H and O–H groups in total. The molecule has 1 saturated heterocycles. The molecule has 2 fully saturated rings. The molecule has 2 aliphatic carbocycles. The van der Waals surface area contributed by atoms with Gasteiger partial charge in [-0.25, -0.2) is 13.1 Å². The zero-order valence-electron chi connectivity index (χ0n) is 30.4. The summed E-state index contributed by atoms with van der Waals surface area (Å²) in [5.41, 5.74) is 3.01. The molecule has 11 heteroatoms. The molecular weight excluding hydrogens is 720 g/mol. The summed E-state index contributed by atoms with van der Waals surface area (Å²) in [6, 6.07) is 11.7. The van der Waals surface area contributed by atoms with Crippen LogP contribution in [0.1, 0.15) is 87.7 Å². The standard InChI is InChI=1S/C40H53ClN2O5S3/c1-26(2)23-48-40(38-49-18-7-19-50-38)17-5-8-27(3)28(4)51(45,46)42-37(44)30-11-15-36-35(21-30)43(22-31-10-13-34(31)40)24-39(25-47-36)16-6-9-29-20-32(41)12-14-33(29)39/h5,11-12,14-15,17,20-21,26-28,31,34,38H,6-10,13,16,18-19,22-25H2,1-4H3,(H,42,44)/b17-5-/t27-,28+,31-,34+,39-,40-/m0/s1. The molecule has 278 valence electrons. The Balaban J connectivity index is 1.35. The first kappa shape index (κ1) is 37.5. The third kappa shape index (κ3) is 7.47. The number of amides is 1. The number of carbonyl (C=O) groups is 1. The molecule has 3 aliphatic heterocycles. The highest BCUT2D eigenvalue weighted by molar-refractivity contribution is 8.17. The van der Waals surface area contributed by atoms with Gasteiger partial charge in [-0.2, -0.15) is 0 Å². The Hall–Kier alpha value is -1.85. The van der Waals surface area contributed by atoms with E-state index in [0.29, 0.717) is 43.0 Å². The van der Waals surface area contributed by atoms with E-state index < -0.39 is 26.8 Å². The van der Waals surface area contributed by atoms with Gasteiger partial charge in [0.25, 0.3) is 5.91 Å². The number of sulfonamides is 1. The molecule has 2 aromatic carbocycles. The van der Waals surface area contributed by atoms with Crippen LogP contribution in [-0.4, -0.2) is 67.6 Å². The predicted octanol–water partition coefficient (Wildman–Crippen LogP) is 8.49. The normalized spacial score (nSPS) is 33.3. The lowest BCUT2D eigenvalue weighted by Gasteiger charge is -2.54. The van der Waals surface area contributed by atoms with Crippen LogP contribution in [0, 0.1) is 23.7 Å². The Morgan fingerprint density at radius 1 is 1.10 bits per heavy atom. The van der Waals surface area contributed by atoms with Crippen molar-refractivity contribution in [1.29, 1.82) is 0 Å². The quantitative estimate of drug-likeness (QED) is 0.310. The van der Waals surface area contributed by atoms with Gasteiger partial charge in [-0.1, -0.05) is 50.6 Å². The zero-order valence-corrected chi connectivity index (χ0v) is 33.6. The first-order valence-corrected chi connectivity index (χ1v) is 22.8. The second-order valence-electron chi connectivity index (χ2n) is 16.0. The fourth-order valence-corrected chi connectivity index (χ4v) is 13.7. The van der Waals surface area contributed by atoms with Gasteiger partial charge >= 0.3 is 0 Å². The fraction of sp³-hybridized carbons (Fsp3) is 0.625. The number of halogens is 1. The number of rotatable bonds is 4. The number of nitrogens with zero attached hydrogens (tertiary/aromatic N) is 1.